The molecule has 3 aromatic rings. The minimum absolute atomic E-state index is 0.0201. The first kappa shape index (κ1) is 27.8. The molecule has 0 radical (unpaired) electrons. The molecule has 6 nitrogen and oxygen atoms in total. The largest absolute Gasteiger partial charge is 0.430 e. The molecule has 194 valence electrons. The predicted octanol–water partition coefficient (Wildman–Crippen LogP) is 5.44. The van der Waals surface area contributed by atoms with Crippen molar-refractivity contribution in [3.05, 3.63) is 81.7 Å². The Morgan fingerprint density at radius 2 is 1.56 bits per heavy atom. The van der Waals surface area contributed by atoms with Gasteiger partial charge in [0.2, 0.25) is 0 Å². The first-order chi connectivity index (χ1) is 16.5. The van der Waals surface area contributed by atoms with Crippen molar-refractivity contribution >= 4 is 44.6 Å². The van der Waals surface area contributed by atoms with Gasteiger partial charge >= 0.3 is 12.4 Å². The second-order valence-electron chi connectivity index (χ2n) is 7.30. The Kier molecular flexibility index (Phi) is 7.65. The molecule has 0 spiro atoms. The smallest absolute Gasteiger partial charge is 0.369 e. The Morgan fingerprint density at radius 1 is 0.944 bits per heavy atom. The highest BCUT2D eigenvalue weighted by Gasteiger charge is 2.71. The molecule has 2 aromatic carbocycles. The Hall–Kier alpha value is -2.81. The van der Waals surface area contributed by atoms with Crippen LogP contribution in [0.4, 0.5) is 32.0 Å². The van der Waals surface area contributed by atoms with Gasteiger partial charge in [0.25, 0.3) is 21.5 Å². The monoisotopic (exact) mass is 572 g/mol. The lowest BCUT2D eigenvalue weighted by Crippen LogP contribution is -2.53. The van der Waals surface area contributed by atoms with Gasteiger partial charge in [-0.15, -0.1) is 11.3 Å². The molecule has 0 bridgehead atoms. The summed E-state index contributed by atoms with van der Waals surface area (Å²) in [4.78, 5) is 12.6. The van der Waals surface area contributed by atoms with Crippen molar-refractivity contribution in [2.45, 2.75) is 28.7 Å². The summed E-state index contributed by atoms with van der Waals surface area (Å²) in [7, 11) is -4.26. The van der Waals surface area contributed by atoms with E-state index in [9.17, 15) is 44.7 Å². The van der Waals surface area contributed by atoms with E-state index in [0.29, 0.717) is 39.7 Å². The zero-order chi connectivity index (χ0) is 26.9. The number of hydrogen-bond acceptors (Lipinski definition) is 5. The number of nitrogens with one attached hydrogen (secondary N) is 2. The Morgan fingerprint density at radius 3 is 2.11 bits per heavy atom. The van der Waals surface area contributed by atoms with Crippen LogP contribution < -0.4 is 10.0 Å². The molecule has 15 heteroatoms. The Labute approximate surface area is 209 Å². The first-order valence-electron chi connectivity index (χ1n) is 9.66. The highest BCUT2D eigenvalue weighted by atomic mass is 35.5. The highest BCUT2D eigenvalue weighted by Crippen LogP contribution is 2.50. The van der Waals surface area contributed by atoms with Crippen LogP contribution in [0.1, 0.15) is 20.8 Å². The normalized spacial score (nSPS) is 12.9. The van der Waals surface area contributed by atoms with Crippen LogP contribution >= 0.6 is 22.9 Å². The van der Waals surface area contributed by atoms with E-state index in [1.165, 1.54) is 24.3 Å². The van der Waals surface area contributed by atoms with Gasteiger partial charge in [-0.3, -0.25) is 9.52 Å². The van der Waals surface area contributed by atoms with Crippen LogP contribution in [0.15, 0.2) is 64.9 Å². The van der Waals surface area contributed by atoms with Crippen LogP contribution in [-0.4, -0.2) is 31.8 Å². The van der Waals surface area contributed by atoms with Crippen molar-refractivity contribution in [3.8, 4) is 0 Å². The van der Waals surface area contributed by atoms with Gasteiger partial charge in [-0.05, 0) is 42.5 Å². The van der Waals surface area contributed by atoms with Crippen LogP contribution in [-0.2, 0) is 22.2 Å². The van der Waals surface area contributed by atoms with Crippen molar-refractivity contribution in [3.63, 3.8) is 0 Å². The number of alkyl halides is 6. The molecule has 0 saturated heterocycles. The lowest BCUT2D eigenvalue weighted by atomic mass is 9.92. The van der Waals surface area contributed by atoms with Gasteiger partial charge in [0.15, 0.2) is 0 Å². The van der Waals surface area contributed by atoms with E-state index in [-0.39, 0.29) is 16.4 Å². The maximum absolute atomic E-state index is 13.0. The zero-order valence-electron chi connectivity index (χ0n) is 17.6. The molecule has 0 unspecified atom stereocenters. The van der Waals surface area contributed by atoms with Crippen molar-refractivity contribution in [2.75, 3.05) is 4.72 Å². The van der Waals surface area contributed by atoms with Gasteiger partial charge in [-0.25, -0.2) is 8.42 Å². The number of halogens is 7. The number of carbonyl (C=O) groups is 1. The summed E-state index contributed by atoms with van der Waals surface area (Å²) >= 11 is 6.62. The van der Waals surface area contributed by atoms with Gasteiger partial charge < -0.3 is 10.4 Å². The summed E-state index contributed by atoms with van der Waals surface area (Å²) in [5.41, 5.74) is -6.70. The molecule has 36 heavy (non-hydrogen) atoms. The van der Waals surface area contributed by atoms with Gasteiger partial charge in [0, 0.05) is 26.7 Å². The third-order valence-electron chi connectivity index (χ3n) is 4.79. The average molecular weight is 573 g/mol. The second kappa shape index (κ2) is 9.92. The maximum atomic E-state index is 13.0. The first-order valence-corrected chi connectivity index (χ1v) is 12.3. The number of rotatable bonds is 7. The van der Waals surface area contributed by atoms with Crippen molar-refractivity contribution in [1.29, 1.82) is 0 Å². The minimum Gasteiger partial charge on any atom is -0.369 e. The fraction of sp³-hybridized carbons (Fsp3) is 0.190. The van der Waals surface area contributed by atoms with E-state index in [2.05, 4.69) is 5.32 Å². The predicted molar refractivity (Wildman–Crippen MR) is 120 cm³/mol. The third kappa shape index (κ3) is 5.77. The number of sulfonamides is 1. The minimum atomic E-state index is -6.07. The number of benzene rings is 2. The number of carbonyl (C=O) groups excluding carboxylic acids is 1. The third-order valence-corrected chi connectivity index (χ3v) is 7.98. The summed E-state index contributed by atoms with van der Waals surface area (Å²) in [6.07, 6.45) is -12.1. The quantitative estimate of drug-likeness (QED) is 0.328. The molecule has 1 amide bonds. The summed E-state index contributed by atoms with van der Waals surface area (Å²) in [5.74, 6) is -0.453. The van der Waals surface area contributed by atoms with Gasteiger partial charge in [-0.2, -0.15) is 26.3 Å². The molecule has 0 aliphatic heterocycles. The number of hydrogen-bond donors (Lipinski definition) is 3. The topological polar surface area (TPSA) is 95.5 Å². The van der Waals surface area contributed by atoms with E-state index in [1.807, 2.05) is 4.72 Å². The van der Waals surface area contributed by atoms with Crippen molar-refractivity contribution in [2.24, 2.45) is 0 Å². The van der Waals surface area contributed by atoms with Crippen LogP contribution in [0, 0.1) is 0 Å². The van der Waals surface area contributed by atoms with Crippen LogP contribution in [0.25, 0.3) is 0 Å². The van der Waals surface area contributed by atoms with E-state index in [4.69, 9.17) is 11.6 Å². The Balaban J connectivity index is 1.72. The fourth-order valence-corrected chi connectivity index (χ4v) is 5.51. The second-order valence-corrected chi connectivity index (χ2v) is 10.8. The molecule has 0 fully saturated rings. The molecule has 3 N–H and O–H groups in total. The molecule has 1 heterocycles. The molecule has 0 atom stereocenters. The summed E-state index contributed by atoms with van der Waals surface area (Å²) < 4.78 is 105. The summed E-state index contributed by atoms with van der Waals surface area (Å²) in [6, 6.07) is 10.8. The molecule has 0 saturated carbocycles. The highest BCUT2D eigenvalue weighted by molar-refractivity contribution is 7.94. The number of aliphatic hydroxyl groups is 1. The standard InChI is InChI=1S/C21H15ClF6N2O4S2/c22-14-3-1-2-12(10-14)18(31)29-11-16-8-9-17(35-16)36(33,34)30-15-6-4-13(5-7-15)19(32,20(23,24)25)21(26,27)28/h1-10,30,32H,11H2,(H,29,31). The van der Waals surface area contributed by atoms with E-state index < -0.39 is 39.4 Å². The van der Waals surface area contributed by atoms with Gasteiger partial charge in [0.05, 0.1) is 6.54 Å². The molecule has 3 rings (SSSR count). The van der Waals surface area contributed by atoms with Gasteiger partial charge in [0.1, 0.15) is 4.21 Å². The fourth-order valence-electron chi connectivity index (χ4n) is 2.97. The molecule has 0 aliphatic rings. The van der Waals surface area contributed by atoms with Crippen LogP contribution in [0.3, 0.4) is 0 Å². The maximum Gasteiger partial charge on any atom is 0.430 e. The molecule has 1 aromatic heterocycles. The summed E-state index contributed by atoms with van der Waals surface area (Å²) in [5, 5.41) is 12.4. The zero-order valence-corrected chi connectivity index (χ0v) is 20.0. The van der Waals surface area contributed by atoms with E-state index in [1.54, 1.807) is 12.1 Å². The van der Waals surface area contributed by atoms with Crippen LogP contribution in [0.5, 0.6) is 0 Å². The van der Waals surface area contributed by atoms with E-state index in [0.717, 1.165) is 11.3 Å². The van der Waals surface area contributed by atoms with Crippen molar-refractivity contribution < 1.29 is 44.7 Å². The van der Waals surface area contributed by atoms with Crippen molar-refractivity contribution in [1.82, 2.24) is 5.32 Å². The Bertz CT molecular complexity index is 1340. The lowest BCUT2D eigenvalue weighted by molar-refractivity contribution is -0.376. The lowest BCUT2D eigenvalue weighted by Gasteiger charge is -2.32. The SMILES string of the molecule is O=C(NCc1ccc(S(=O)(=O)Nc2ccc(C(O)(C(F)(F)F)C(F)(F)F)cc2)s1)c1cccc(Cl)c1. The van der Waals surface area contributed by atoms with Gasteiger partial charge in [-0.1, -0.05) is 29.8 Å². The molecular weight excluding hydrogens is 558 g/mol. The summed E-state index contributed by atoms with van der Waals surface area (Å²) in [6.45, 7) is -0.0201. The number of thiophene rings is 1. The van der Waals surface area contributed by atoms with Crippen LogP contribution in [0.2, 0.25) is 5.02 Å². The average Bonchev–Trinajstić information content (AvgIpc) is 3.26. The molecule has 0 aliphatic carbocycles. The number of anilines is 1. The molecular formula is C21H15ClF6N2O4S2. The number of amides is 1. The van der Waals surface area contributed by atoms with E-state index >= 15 is 0 Å².